The molecular formula is C15H23NO. The second-order valence-electron chi connectivity index (χ2n) is 5.08. The highest BCUT2D eigenvalue weighted by Gasteiger charge is 2.16. The lowest BCUT2D eigenvalue weighted by atomic mass is 9.83. The molecule has 0 aromatic heterocycles. The van der Waals surface area contributed by atoms with E-state index in [0.717, 1.165) is 24.8 Å². The van der Waals surface area contributed by atoms with Gasteiger partial charge < -0.3 is 10.1 Å². The van der Waals surface area contributed by atoms with Crippen LogP contribution in [0, 0.1) is 12.8 Å². The molecule has 0 aliphatic heterocycles. The van der Waals surface area contributed by atoms with Crippen molar-refractivity contribution < 1.29 is 4.74 Å². The van der Waals surface area contributed by atoms with Crippen LogP contribution in [-0.2, 0) is 6.54 Å². The molecule has 2 nitrogen and oxygen atoms in total. The van der Waals surface area contributed by atoms with Crippen LogP contribution in [0.15, 0.2) is 18.2 Å². The van der Waals surface area contributed by atoms with Crippen LogP contribution in [0.2, 0.25) is 0 Å². The molecular weight excluding hydrogens is 210 g/mol. The van der Waals surface area contributed by atoms with Crippen molar-refractivity contribution in [1.29, 1.82) is 0 Å². The van der Waals surface area contributed by atoms with Crippen LogP contribution in [0.25, 0.3) is 0 Å². The Morgan fingerprint density at radius 1 is 1.35 bits per heavy atom. The summed E-state index contributed by atoms with van der Waals surface area (Å²) < 4.78 is 5.37. The van der Waals surface area contributed by atoms with Gasteiger partial charge in [0.05, 0.1) is 7.11 Å². The topological polar surface area (TPSA) is 21.3 Å². The van der Waals surface area contributed by atoms with Crippen molar-refractivity contribution in [3.05, 3.63) is 29.3 Å². The molecule has 2 heteroatoms. The van der Waals surface area contributed by atoms with E-state index < -0.39 is 0 Å². The highest BCUT2D eigenvalue weighted by molar-refractivity contribution is 5.36. The smallest absolute Gasteiger partial charge is 0.123 e. The second-order valence-corrected chi connectivity index (χ2v) is 5.08. The molecule has 0 atom stereocenters. The van der Waals surface area contributed by atoms with E-state index in [1.54, 1.807) is 7.11 Å². The van der Waals surface area contributed by atoms with E-state index in [1.807, 2.05) is 0 Å². The van der Waals surface area contributed by atoms with Crippen molar-refractivity contribution in [2.24, 2.45) is 5.92 Å². The lowest BCUT2D eigenvalue weighted by Crippen LogP contribution is -2.21. The molecule has 0 bridgehead atoms. The molecule has 0 saturated heterocycles. The van der Waals surface area contributed by atoms with Crippen molar-refractivity contribution in [2.45, 2.75) is 39.2 Å². The number of rotatable bonds is 6. The van der Waals surface area contributed by atoms with Gasteiger partial charge in [-0.3, -0.25) is 0 Å². The molecule has 1 aliphatic rings. The molecule has 1 N–H and O–H groups in total. The zero-order chi connectivity index (χ0) is 12.1. The summed E-state index contributed by atoms with van der Waals surface area (Å²) in [7, 11) is 1.74. The van der Waals surface area contributed by atoms with Crippen LogP contribution in [0.3, 0.4) is 0 Å². The minimum absolute atomic E-state index is 0.914. The number of hydrogen-bond donors (Lipinski definition) is 1. The van der Waals surface area contributed by atoms with Gasteiger partial charge in [0, 0.05) is 12.1 Å². The maximum atomic E-state index is 5.37. The molecule has 0 heterocycles. The summed E-state index contributed by atoms with van der Waals surface area (Å²) in [4.78, 5) is 0. The third kappa shape index (κ3) is 3.47. The molecule has 1 aliphatic carbocycles. The Bertz CT molecular complexity index is 358. The first kappa shape index (κ1) is 12.4. The predicted molar refractivity (Wildman–Crippen MR) is 71.4 cm³/mol. The van der Waals surface area contributed by atoms with Gasteiger partial charge in [0.25, 0.3) is 0 Å². The predicted octanol–water partition coefficient (Wildman–Crippen LogP) is 3.28. The summed E-state index contributed by atoms with van der Waals surface area (Å²) in [5, 5.41) is 3.52. The summed E-state index contributed by atoms with van der Waals surface area (Å²) in [5.41, 5.74) is 2.56. The fraction of sp³-hybridized carbons (Fsp3) is 0.600. The molecule has 1 aromatic carbocycles. The van der Waals surface area contributed by atoms with Gasteiger partial charge in [0.2, 0.25) is 0 Å². The molecule has 0 amide bonds. The van der Waals surface area contributed by atoms with Crippen LogP contribution in [0.1, 0.15) is 36.8 Å². The number of benzene rings is 1. The molecule has 0 radical (unpaired) electrons. The van der Waals surface area contributed by atoms with E-state index in [4.69, 9.17) is 4.74 Å². The van der Waals surface area contributed by atoms with E-state index >= 15 is 0 Å². The van der Waals surface area contributed by atoms with E-state index in [2.05, 4.69) is 30.4 Å². The molecule has 0 spiro atoms. The first-order valence-electron chi connectivity index (χ1n) is 6.64. The number of nitrogens with one attached hydrogen (secondary N) is 1. The van der Waals surface area contributed by atoms with Gasteiger partial charge in [-0.2, -0.15) is 0 Å². The minimum Gasteiger partial charge on any atom is -0.496 e. The maximum absolute atomic E-state index is 5.37. The van der Waals surface area contributed by atoms with Crippen LogP contribution in [0.4, 0.5) is 0 Å². The highest BCUT2D eigenvalue weighted by Crippen LogP contribution is 2.28. The number of hydrogen-bond acceptors (Lipinski definition) is 2. The van der Waals surface area contributed by atoms with Gasteiger partial charge in [-0.25, -0.2) is 0 Å². The SMILES string of the molecule is COc1ccc(C)cc1CNCCC1CCC1. The normalized spacial score (nSPS) is 15.6. The first-order valence-corrected chi connectivity index (χ1v) is 6.64. The lowest BCUT2D eigenvalue weighted by molar-refractivity contribution is 0.292. The third-order valence-electron chi connectivity index (χ3n) is 3.71. The maximum Gasteiger partial charge on any atom is 0.123 e. The number of methoxy groups -OCH3 is 1. The molecule has 1 aromatic rings. The lowest BCUT2D eigenvalue weighted by Gasteiger charge is -2.25. The Morgan fingerprint density at radius 2 is 2.18 bits per heavy atom. The Balaban J connectivity index is 1.78. The summed E-state index contributed by atoms with van der Waals surface area (Å²) in [5.74, 6) is 1.98. The van der Waals surface area contributed by atoms with E-state index in [9.17, 15) is 0 Å². The average molecular weight is 233 g/mol. The first-order chi connectivity index (χ1) is 8.29. The van der Waals surface area contributed by atoms with E-state index in [-0.39, 0.29) is 0 Å². The Labute approximate surface area is 104 Å². The van der Waals surface area contributed by atoms with Gasteiger partial charge in [-0.1, -0.05) is 37.0 Å². The summed E-state index contributed by atoms with van der Waals surface area (Å²) in [6.07, 6.45) is 5.65. The van der Waals surface area contributed by atoms with Crippen LogP contribution >= 0.6 is 0 Å². The van der Waals surface area contributed by atoms with Crippen molar-refractivity contribution in [3.8, 4) is 5.75 Å². The summed E-state index contributed by atoms with van der Waals surface area (Å²) in [6.45, 7) is 4.16. The zero-order valence-corrected chi connectivity index (χ0v) is 11.0. The van der Waals surface area contributed by atoms with Crippen molar-refractivity contribution in [1.82, 2.24) is 5.32 Å². The summed E-state index contributed by atoms with van der Waals surface area (Å²) >= 11 is 0. The van der Waals surface area contributed by atoms with Crippen molar-refractivity contribution in [2.75, 3.05) is 13.7 Å². The molecule has 94 valence electrons. The average Bonchev–Trinajstić information content (AvgIpc) is 2.26. The fourth-order valence-corrected chi connectivity index (χ4v) is 2.36. The monoisotopic (exact) mass is 233 g/mol. The highest BCUT2D eigenvalue weighted by atomic mass is 16.5. The standard InChI is InChI=1S/C15H23NO/c1-12-6-7-15(17-2)14(10-12)11-16-9-8-13-4-3-5-13/h6-7,10,13,16H,3-5,8-9,11H2,1-2H3. The largest absolute Gasteiger partial charge is 0.496 e. The number of aryl methyl sites for hydroxylation is 1. The third-order valence-corrected chi connectivity index (χ3v) is 3.71. The molecule has 1 fully saturated rings. The van der Waals surface area contributed by atoms with Gasteiger partial charge >= 0.3 is 0 Å². The zero-order valence-electron chi connectivity index (χ0n) is 11.0. The van der Waals surface area contributed by atoms with Crippen molar-refractivity contribution >= 4 is 0 Å². The molecule has 2 rings (SSSR count). The molecule has 17 heavy (non-hydrogen) atoms. The van der Waals surface area contributed by atoms with Crippen molar-refractivity contribution in [3.63, 3.8) is 0 Å². The van der Waals surface area contributed by atoms with E-state index in [0.29, 0.717) is 0 Å². The molecule has 0 unspecified atom stereocenters. The van der Waals surface area contributed by atoms with Gasteiger partial charge in [0.15, 0.2) is 0 Å². The van der Waals surface area contributed by atoms with Crippen LogP contribution in [0.5, 0.6) is 5.75 Å². The van der Waals surface area contributed by atoms with Gasteiger partial charge in [-0.15, -0.1) is 0 Å². The second kappa shape index (κ2) is 6.06. The Hall–Kier alpha value is -1.02. The fourth-order valence-electron chi connectivity index (χ4n) is 2.36. The Kier molecular flexibility index (Phi) is 4.43. The molecule has 1 saturated carbocycles. The van der Waals surface area contributed by atoms with Gasteiger partial charge in [0.1, 0.15) is 5.75 Å². The summed E-state index contributed by atoms with van der Waals surface area (Å²) in [6, 6.07) is 6.35. The van der Waals surface area contributed by atoms with Crippen LogP contribution < -0.4 is 10.1 Å². The quantitative estimate of drug-likeness (QED) is 0.761. The van der Waals surface area contributed by atoms with E-state index in [1.165, 1.54) is 36.8 Å². The minimum atomic E-state index is 0.914. The van der Waals surface area contributed by atoms with Crippen LogP contribution in [-0.4, -0.2) is 13.7 Å². The number of ether oxygens (including phenoxy) is 1. The Morgan fingerprint density at radius 3 is 2.82 bits per heavy atom. The van der Waals surface area contributed by atoms with Gasteiger partial charge in [-0.05, 0) is 31.9 Å².